The Kier molecular flexibility index (Phi) is 4.42. The van der Waals surface area contributed by atoms with Crippen molar-refractivity contribution in [3.05, 3.63) is 40.3 Å². The van der Waals surface area contributed by atoms with Gasteiger partial charge in [-0.1, -0.05) is 6.07 Å². The van der Waals surface area contributed by atoms with Gasteiger partial charge in [-0.3, -0.25) is 4.90 Å². The fourth-order valence-electron chi connectivity index (χ4n) is 2.97. The number of rotatable bonds is 5. The van der Waals surface area contributed by atoms with Crippen LogP contribution in [0.1, 0.15) is 16.7 Å². The first-order valence-electron chi connectivity index (χ1n) is 8.09. The highest BCUT2D eigenvalue weighted by atomic mass is 32.1. The molecule has 1 aliphatic heterocycles. The van der Waals surface area contributed by atoms with Gasteiger partial charge in [0.25, 0.3) is 0 Å². The molecule has 0 unspecified atom stereocenters. The van der Waals surface area contributed by atoms with Crippen LogP contribution in [0.15, 0.2) is 29.6 Å². The zero-order chi connectivity index (χ0) is 16.4. The van der Waals surface area contributed by atoms with Crippen LogP contribution in [-0.4, -0.2) is 57.6 Å². The molecule has 0 spiro atoms. The second-order valence-electron chi connectivity index (χ2n) is 5.80. The molecule has 126 valence electrons. The molecule has 4 rings (SSSR count). The number of aromatic nitrogens is 4. The minimum atomic E-state index is 0.327. The molecular formula is C16H20N6OS. The number of hydrogen-bond acceptors (Lipinski definition) is 7. The molecule has 7 nitrogen and oxygen atoms in total. The summed E-state index contributed by atoms with van der Waals surface area (Å²) in [4.78, 5) is 3.84. The quantitative estimate of drug-likeness (QED) is 0.763. The molecule has 3 aromatic rings. The van der Waals surface area contributed by atoms with Gasteiger partial charge in [-0.2, -0.15) is 4.52 Å². The average molecular weight is 344 g/mol. The van der Waals surface area contributed by atoms with E-state index in [1.54, 1.807) is 15.9 Å². The van der Waals surface area contributed by atoms with Gasteiger partial charge >= 0.3 is 0 Å². The third-order valence-electron chi connectivity index (χ3n) is 4.25. The maximum atomic E-state index is 5.49. The Morgan fingerprint density at radius 1 is 1.25 bits per heavy atom. The number of aryl methyl sites for hydroxylation is 1. The first kappa shape index (κ1) is 15.5. The van der Waals surface area contributed by atoms with Gasteiger partial charge in [0.2, 0.25) is 0 Å². The summed E-state index contributed by atoms with van der Waals surface area (Å²) in [5.74, 6) is 1.62. The number of morpholine rings is 1. The van der Waals surface area contributed by atoms with E-state index in [-0.39, 0.29) is 0 Å². The van der Waals surface area contributed by atoms with Crippen LogP contribution in [-0.2, 0) is 4.74 Å². The zero-order valence-electron chi connectivity index (χ0n) is 13.6. The maximum absolute atomic E-state index is 5.49. The molecule has 0 aliphatic carbocycles. The zero-order valence-corrected chi connectivity index (χ0v) is 14.4. The van der Waals surface area contributed by atoms with Crippen LogP contribution in [0, 0.1) is 6.92 Å². The minimum Gasteiger partial charge on any atom is -0.379 e. The number of nitrogens with zero attached hydrogens (tertiary/aromatic N) is 5. The summed E-state index contributed by atoms with van der Waals surface area (Å²) >= 11 is 1.80. The lowest BCUT2D eigenvalue weighted by molar-refractivity contribution is 0.0194. The molecule has 24 heavy (non-hydrogen) atoms. The molecule has 1 saturated heterocycles. The average Bonchev–Trinajstić information content (AvgIpc) is 3.27. The van der Waals surface area contributed by atoms with E-state index in [1.807, 2.05) is 19.1 Å². The standard InChI is InChI=1S/C16H20N6OS/c1-12-18-19-16-5-4-15(20-22(12)16)17-11-13(14-3-2-10-24-14)21-6-8-23-9-7-21/h2-5,10,13H,6-9,11H2,1H3,(H,17,20)/t13-/m1/s1. The molecule has 0 radical (unpaired) electrons. The molecule has 1 aliphatic rings. The van der Waals surface area contributed by atoms with E-state index in [9.17, 15) is 0 Å². The van der Waals surface area contributed by atoms with Gasteiger partial charge in [0.1, 0.15) is 5.82 Å². The number of fused-ring (bicyclic) bond motifs is 1. The van der Waals surface area contributed by atoms with Gasteiger partial charge in [0, 0.05) is 24.5 Å². The summed E-state index contributed by atoms with van der Waals surface area (Å²) in [6.07, 6.45) is 0. The third kappa shape index (κ3) is 3.12. The highest BCUT2D eigenvalue weighted by Crippen LogP contribution is 2.26. The SMILES string of the molecule is Cc1nnc2ccc(NC[C@H](c3cccs3)N3CCOCC3)nn12. The fourth-order valence-corrected chi connectivity index (χ4v) is 3.83. The second kappa shape index (κ2) is 6.84. The van der Waals surface area contributed by atoms with Crippen molar-refractivity contribution in [3.8, 4) is 0 Å². The minimum absolute atomic E-state index is 0.327. The van der Waals surface area contributed by atoms with Gasteiger partial charge in [-0.25, -0.2) is 0 Å². The van der Waals surface area contributed by atoms with Gasteiger partial charge in [0.15, 0.2) is 11.5 Å². The van der Waals surface area contributed by atoms with E-state index in [2.05, 4.69) is 43.0 Å². The maximum Gasteiger partial charge on any atom is 0.178 e. The van der Waals surface area contributed by atoms with E-state index in [0.717, 1.165) is 50.1 Å². The Bertz CT molecular complexity index is 796. The van der Waals surface area contributed by atoms with Crippen LogP contribution < -0.4 is 5.32 Å². The third-order valence-corrected chi connectivity index (χ3v) is 5.23. The molecule has 0 aromatic carbocycles. The normalized spacial score (nSPS) is 17.2. The van der Waals surface area contributed by atoms with Crippen LogP contribution in [0.4, 0.5) is 5.82 Å². The molecule has 0 saturated carbocycles. The molecule has 4 heterocycles. The first-order valence-corrected chi connectivity index (χ1v) is 8.97. The van der Waals surface area contributed by atoms with Crippen molar-refractivity contribution in [1.82, 2.24) is 24.7 Å². The van der Waals surface area contributed by atoms with Crippen LogP contribution >= 0.6 is 11.3 Å². The molecule has 0 amide bonds. The van der Waals surface area contributed by atoms with E-state index >= 15 is 0 Å². The van der Waals surface area contributed by atoms with Crippen molar-refractivity contribution in [2.24, 2.45) is 0 Å². The lowest BCUT2D eigenvalue weighted by Gasteiger charge is -2.34. The van der Waals surface area contributed by atoms with Crippen molar-refractivity contribution in [3.63, 3.8) is 0 Å². The Morgan fingerprint density at radius 2 is 2.12 bits per heavy atom. The van der Waals surface area contributed by atoms with Crippen molar-refractivity contribution < 1.29 is 4.74 Å². The molecular weight excluding hydrogens is 324 g/mol. The summed E-state index contributed by atoms with van der Waals surface area (Å²) in [5.41, 5.74) is 0.765. The molecule has 0 bridgehead atoms. The van der Waals surface area contributed by atoms with E-state index in [4.69, 9.17) is 4.74 Å². The van der Waals surface area contributed by atoms with Crippen LogP contribution in [0.2, 0.25) is 0 Å². The Hall–Kier alpha value is -2.03. The molecule has 1 N–H and O–H groups in total. The summed E-state index contributed by atoms with van der Waals surface area (Å²) in [5, 5.41) is 18.3. The number of nitrogens with one attached hydrogen (secondary N) is 1. The highest BCUT2D eigenvalue weighted by Gasteiger charge is 2.23. The van der Waals surface area contributed by atoms with Crippen LogP contribution in [0.3, 0.4) is 0 Å². The number of anilines is 1. The number of thiophene rings is 1. The predicted octanol–water partition coefficient (Wildman–Crippen LogP) is 1.98. The molecule has 8 heteroatoms. The van der Waals surface area contributed by atoms with Gasteiger partial charge in [-0.15, -0.1) is 26.6 Å². The number of ether oxygens (including phenoxy) is 1. The van der Waals surface area contributed by atoms with Gasteiger partial charge in [-0.05, 0) is 30.5 Å². The topological polar surface area (TPSA) is 67.6 Å². The Morgan fingerprint density at radius 3 is 2.92 bits per heavy atom. The lowest BCUT2D eigenvalue weighted by Crippen LogP contribution is -2.41. The Labute approximate surface area is 144 Å². The lowest BCUT2D eigenvalue weighted by atomic mass is 10.2. The van der Waals surface area contributed by atoms with Crippen LogP contribution in [0.25, 0.3) is 5.65 Å². The van der Waals surface area contributed by atoms with Gasteiger partial charge in [0.05, 0.1) is 19.3 Å². The highest BCUT2D eigenvalue weighted by molar-refractivity contribution is 7.10. The van der Waals surface area contributed by atoms with Crippen molar-refractivity contribution >= 4 is 22.8 Å². The van der Waals surface area contributed by atoms with Crippen molar-refractivity contribution in [2.75, 3.05) is 38.2 Å². The largest absolute Gasteiger partial charge is 0.379 e. The van der Waals surface area contributed by atoms with Crippen LogP contribution in [0.5, 0.6) is 0 Å². The fraction of sp³-hybridized carbons (Fsp3) is 0.438. The predicted molar refractivity (Wildman–Crippen MR) is 93.5 cm³/mol. The van der Waals surface area contributed by atoms with E-state index in [1.165, 1.54) is 4.88 Å². The summed E-state index contributed by atoms with van der Waals surface area (Å²) in [6.45, 7) is 6.22. The van der Waals surface area contributed by atoms with E-state index in [0.29, 0.717) is 6.04 Å². The first-order chi connectivity index (χ1) is 11.8. The summed E-state index contributed by atoms with van der Waals surface area (Å²) in [7, 11) is 0. The second-order valence-corrected chi connectivity index (χ2v) is 6.78. The molecule has 3 aromatic heterocycles. The summed E-state index contributed by atoms with van der Waals surface area (Å²) < 4.78 is 7.26. The van der Waals surface area contributed by atoms with Gasteiger partial charge < -0.3 is 10.1 Å². The molecule has 1 atom stereocenters. The monoisotopic (exact) mass is 344 g/mol. The smallest absolute Gasteiger partial charge is 0.178 e. The number of hydrogen-bond donors (Lipinski definition) is 1. The summed E-state index contributed by atoms with van der Waals surface area (Å²) in [6, 6.07) is 8.53. The van der Waals surface area contributed by atoms with Crippen molar-refractivity contribution in [2.45, 2.75) is 13.0 Å². The Balaban J connectivity index is 1.52. The van der Waals surface area contributed by atoms with E-state index < -0.39 is 0 Å². The van der Waals surface area contributed by atoms with Crippen molar-refractivity contribution in [1.29, 1.82) is 0 Å². The molecule has 1 fully saturated rings.